The number of hydrogen-bond acceptors (Lipinski definition) is 5. The van der Waals surface area contributed by atoms with Gasteiger partial charge in [0.05, 0.1) is 0 Å². The maximum absolute atomic E-state index is 12.7. The van der Waals surface area contributed by atoms with Gasteiger partial charge in [0.2, 0.25) is 0 Å². The molecule has 1 aliphatic carbocycles. The molecule has 27 heavy (non-hydrogen) atoms. The first-order valence-electron chi connectivity index (χ1n) is 9.76. The van der Waals surface area contributed by atoms with Crippen LogP contribution in [0.1, 0.15) is 42.6 Å². The minimum absolute atomic E-state index is 0.113. The van der Waals surface area contributed by atoms with Crippen molar-refractivity contribution in [1.29, 1.82) is 0 Å². The minimum atomic E-state index is -0.113. The van der Waals surface area contributed by atoms with Gasteiger partial charge >= 0.3 is 0 Å². The third kappa shape index (κ3) is 5.76. The number of amides is 1. The standard InChI is InChI=1S/C21H29N5O/c1-26(2)14-8-13-22-19-15-18(21(27)23-17-11-6-7-12-17)24-20(25-19)16-9-4-3-5-10-16/h3-5,9-10,15,17H,6-8,11-14H2,1-2H3,(H,23,27)(H,22,24,25). The van der Waals surface area contributed by atoms with Gasteiger partial charge < -0.3 is 15.5 Å². The second kappa shape index (κ2) is 9.46. The Labute approximate surface area is 161 Å². The highest BCUT2D eigenvalue weighted by molar-refractivity contribution is 5.93. The number of nitrogens with one attached hydrogen (secondary N) is 2. The highest BCUT2D eigenvalue weighted by Gasteiger charge is 2.20. The van der Waals surface area contributed by atoms with Crippen molar-refractivity contribution in [2.45, 2.75) is 38.1 Å². The summed E-state index contributed by atoms with van der Waals surface area (Å²) < 4.78 is 0. The highest BCUT2D eigenvalue weighted by Crippen LogP contribution is 2.20. The molecule has 6 nitrogen and oxygen atoms in total. The summed E-state index contributed by atoms with van der Waals surface area (Å²) in [5.74, 6) is 1.15. The van der Waals surface area contributed by atoms with E-state index in [-0.39, 0.29) is 11.9 Å². The Morgan fingerprint density at radius 1 is 1.15 bits per heavy atom. The molecule has 2 N–H and O–H groups in total. The zero-order valence-corrected chi connectivity index (χ0v) is 16.2. The van der Waals surface area contributed by atoms with Crippen molar-refractivity contribution in [3.05, 3.63) is 42.1 Å². The molecule has 1 saturated carbocycles. The molecule has 0 unspecified atom stereocenters. The lowest BCUT2D eigenvalue weighted by Gasteiger charge is -2.14. The Hall–Kier alpha value is -2.47. The molecule has 0 bridgehead atoms. The van der Waals surface area contributed by atoms with Crippen LogP contribution in [0.25, 0.3) is 11.4 Å². The van der Waals surface area contributed by atoms with Crippen molar-refractivity contribution < 1.29 is 4.79 Å². The van der Waals surface area contributed by atoms with Gasteiger partial charge in [0.15, 0.2) is 5.82 Å². The van der Waals surface area contributed by atoms with Crippen molar-refractivity contribution in [2.75, 3.05) is 32.5 Å². The van der Waals surface area contributed by atoms with Crippen molar-refractivity contribution in [1.82, 2.24) is 20.2 Å². The average molecular weight is 367 g/mol. The third-order valence-electron chi connectivity index (χ3n) is 4.77. The van der Waals surface area contributed by atoms with E-state index < -0.39 is 0 Å². The molecule has 0 saturated heterocycles. The molecule has 6 heteroatoms. The average Bonchev–Trinajstić information content (AvgIpc) is 3.18. The number of aromatic nitrogens is 2. The first-order chi connectivity index (χ1) is 13.1. The van der Waals surface area contributed by atoms with Crippen LogP contribution >= 0.6 is 0 Å². The van der Waals surface area contributed by atoms with Gasteiger partial charge in [-0.15, -0.1) is 0 Å². The Balaban J connectivity index is 1.78. The van der Waals surface area contributed by atoms with Crippen LogP contribution in [0.5, 0.6) is 0 Å². The van der Waals surface area contributed by atoms with Crippen molar-refractivity contribution in [2.24, 2.45) is 0 Å². The van der Waals surface area contributed by atoms with Crippen LogP contribution in [0.2, 0.25) is 0 Å². The van der Waals surface area contributed by atoms with Crippen molar-refractivity contribution in [3.63, 3.8) is 0 Å². The van der Waals surface area contributed by atoms with Crippen LogP contribution in [-0.4, -0.2) is 54.0 Å². The molecule has 1 aliphatic rings. The molecule has 144 valence electrons. The highest BCUT2D eigenvalue weighted by atomic mass is 16.1. The fourth-order valence-corrected chi connectivity index (χ4v) is 3.31. The fourth-order valence-electron chi connectivity index (χ4n) is 3.31. The van der Waals surface area contributed by atoms with Gasteiger partial charge in [0.25, 0.3) is 5.91 Å². The Kier molecular flexibility index (Phi) is 6.76. The second-order valence-electron chi connectivity index (χ2n) is 7.37. The number of rotatable bonds is 8. The van der Waals surface area contributed by atoms with Gasteiger partial charge in [0, 0.05) is 24.2 Å². The van der Waals surface area contributed by atoms with E-state index in [4.69, 9.17) is 0 Å². The quantitative estimate of drug-likeness (QED) is 0.701. The lowest BCUT2D eigenvalue weighted by atomic mass is 10.2. The number of hydrogen-bond donors (Lipinski definition) is 2. The molecular weight excluding hydrogens is 338 g/mol. The zero-order chi connectivity index (χ0) is 19.1. The predicted molar refractivity (Wildman–Crippen MR) is 109 cm³/mol. The Morgan fingerprint density at radius 2 is 1.89 bits per heavy atom. The Morgan fingerprint density at radius 3 is 2.59 bits per heavy atom. The SMILES string of the molecule is CN(C)CCCNc1cc(C(=O)NC2CCCC2)nc(-c2ccccc2)n1. The first-order valence-corrected chi connectivity index (χ1v) is 9.76. The summed E-state index contributed by atoms with van der Waals surface area (Å²) in [6.45, 7) is 1.80. The third-order valence-corrected chi connectivity index (χ3v) is 4.77. The molecule has 0 aliphatic heterocycles. The van der Waals surface area contributed by atoms with Gasteiger partial charge in [0.1, 0.15) is 11.5 Å². The van der Waals surface area contributed by atoms with Crippen LogP contribution in [0.3, 0.4) is 0 Å². The summed E-state index contributed by atoms with van der Waals surface area (Å²) in [6.07, 6.45) is 5.47. The molecule has 1 fully saturated rings. The van der Waals surface area contributed by atoms with E-state index in [0.29, 0.717) is 17.3 Å². The molecule has 0 atom stereocenters. The van der Waals surface area contributed by atoms with Crippen LogP contribution in [0.4, 0.5) is 5.82 Å². The fraction of sp³-hybridized carbons (Fsp3) is 0.476. The number of carbonyl (C=O) groups excluding carboxylic acids is 1. The van der Waals surface area contributed by atoms with E-state index in [9.17, 15) is 4.79 Å². The molecule has 1 aromatic heterocycles. The Bertz CT molecular complexity index is 741. The maximum Gasteiger partial charge on any atom is 0.270 e. The number of carbonyl (C=O) groups is 1. The number of nitrogens with zero attached hydrogens (tertiary/aromatic N) is 3. The molecule has 1 amide bonds. The van der Waals surface area contributed by atoms with E-state index in [1.807, 2.05) is 30.3 Å². The van der Waals surface area contributed by atoms with Crippen molar-refractivity contribution >= 4 is 11.7 Å². The predicted octanol–water partition coefficient (Wildman–Crippen LogP) is 3.18. The largest absolute Gasteiger partial charge is 0.370 e. The summed E-state index contributed by atoms with van der Waals surface area (Å²) in [6, 6.07) is 11.8. The van der Waals surface area contributed by atoms with Gasteiger partial charge in [-0.05, 0) is 39.9 Å². The van der Waals surface area contributed by atoms with Gasteiger partial charge in [-0.2, -0.15) is 0 Å². The lowest BCUT2D eigenvalue weighted by molar-refractivity contribution is 0.0933. The molecule has 2 aromatic rings. The smallest absolute Gasteiger partial charge is 0.270 e. The molecular formula is C21H29N5O. The molecule has 1 heterocycles. The normalized spacial score (nSPS) is 14.5. The topological polar surface area (TPSA) is 70.2 Å². The summed E-state index contributed by atoms with van der Waals surface area (Å²) in [7, 11) is 4.12. The summed E-state index contributed by atoms with van der Waals surface area (Å²) >= 11 is 0. The summed E-state index contributed by atoms with van der Waals surface area (Å²) in [5.41, 5.74) is 1.33. The van der Waals surface area contributed by atoms with Gasteiger partial charge in [-0.1, -0.05) is 43.2 Å². The lowest BCUT2D eigenvalue weighted by Crippen LogP contribution is -2.33. The molecule has 0 spiro atoms. The maximum atomic E-state index is 12.7. The summed E-state index contributed by atoms with van der Waals surface area (Å²) in [4.78, 5) is 24.0. The van der Waals surface area contributed by atoms with E-state index in [1.54, 1.807) is 6.07 Å². The molecule has 3 rings (SSSR count). The van der Waals surface area contributed by atoms with E-state index in [1.165, 1.54) is 12.8 Å². The van der Waals surface area contributed by atoms with Crippen LogP contribution in [0.15, 0.2) is 36.4 Å². The zero-order valence-electron chi connectivity index (χ0n) is 16.2. The van der Waals surface area contributed by atoms with Crippen molar-refractivity contribution in [3.8, 4) is 11.4 Å². The summed E-state index contributed by atoms with van der Waals surface area (Å²) in [5, 5.41) is 6.46. The first kappa shape index (κ1) is 19.3. The van der Waals surface area contributed by atoms with E-state index >= 15 is 0 Å². The van der Waals surface area contributed by atoms with Crippen LogP contribution in [0, 0.1) is 0 Å². The van der Waals surface area contributed by atoms with E-state index in [2.05, 4.69) is 39.6 Å². The molecule has 1 aromatic carbocycles. The molecule has 0 radical (unpaired) electrons. The van der Waals surface area contributed by atoms with Crippen LogP contribution < -0.4 is 10.6 Å². The van der Waals surface area contributed by atoms with E-state index in [0.717, 1.165) is 37.9 Å². The number of anilines is 1. The number of benzene rings is 1. The van der Waals surface area contributed by atoms with Crippen LogP contribution in [-0.2, 0) is 0 Å². The monoisotopic (exact) mass is 367 g/mol. The van der Waals surface area contributed by atoms with Gasteiger partial charge in [-0.25, -0.2) is 9.97 Å². The second-order valence-corrected chi connectivity index (χ2v) is 7.37. The van der Waals surface area contributed by atoms with Gasteiger partial charge in [-0.3, -0.25) is 4.79 Å². The minimum Gasteiger partial charge on any atom is -0.370 e.